The second-order valence-corrected chi connectivity index (χ2v) is 6.94. The lowest BCUT2D eigenvalue weighted by atomic mass is 10.1. The van der Waals surface area contributed by atoms with Crippen molar-refractivity contribution in [3.05, 3.63) is 70.8 Å². The highest BCUT2D eigenvalue weighted by atomic mass is 19.1. The van der Waals surface area contributed by atoms with Gasteiger partial charge in [0.05, 0.1) is 11.2 Å². The van der Waals surface area contributed by atoms with Crippen LogP contribution in [-0.4, -0.2) is 26.2 Å². The molecule has 0 aliphatic rings. The van der Waals surface area contributed by atoms with Crippen molar-refractivity contribution >= 4 is 16.8 Å². The Morgan fingerprint density at radius 1 is 1.24 bits per heavy atom. The Morgan fingerprint density at radius 2 is 2.03 bits per heavy atom. The zero-order chi connectivity index (χ0) is 20.5. The lowest BCUT2D eigenvalue weighted by Crippen LogP contribution is -2.23. The van der Waals surface area contributed by atoms with Crippen LogP contribution in [0.4, 0.5) is 4.39 Å². The minimum absolute atomic E-state index is 0.0851. The van der Waals surface area contributed by atoms with Crippen LogP contribution in [-0.2, 0) is 13.0 Å². The number of halogens is 1. The van der Waals surface area contributed by atoms with Crippen molar-refractivity contribution in [2.75, 3.05) is 0 Å². The Morgan fingerprint density at radius 3 is 2.79 bits per heavy atom. The van der Waals surface area contributed by atoms with E-state index >= 15 is 0 Å². The summed E-state index contributed by atoms with van der Waals surface area (Å²) in [7, 11) is 0. The zero-order valence-electron chi connectivity index (χ0n) is 16.1. The molecular weight excluding hydrogens is 371 g/mol. The number of phenols is 1. The third-order valence-corrected chi connectivity index (χ3v) is 5.11. The molecule has 4 rings (SSSR count). The lowest BCUT2D eigenvalue weighted by molar-refractivity contribution is 0.0946. The molecule has 4 N–H and O–H groups in total. The Hall–Kier alpha value is -3.61. The van der Waals surface area contributed by atoms with Gasteiger partial charge in [0.15, 0.2) is 0 Å². The summed E-state index contributed by atoms with van der Waals surface area (Å²) in [5, 5.41) is 20.4. The molecule has 0 bridgehead atoms. The number of carbonyl (C=O) groups is 1. The van der Waals surface area contributed by atoms with Crippen LogP contribution in [0.25, 0.3) is 22.2 Å². The van der Waals surface area contributed by atoms with Crippen LogP contribution < -0.4 is 5.32 Å². The second kappa shape index (κ2) is 7.43. The van der Waals surface area contributed by atoms with Crippen LogP contribution >= 0.6 is 0 Å². The molecule has 148 valence electrons. The minimum Gasteiger partial charge on any atom is -0.507 e. The number of hydrogen-bond donors (Lipinski definition) is 4. The van der Waals surface area contributed by atoms with Gasteiger partial charge in [0.2, 0.25) is 0 Å². The normalized spacial score (nSPS) is 11.1. The fraction of sp³-hybridized carbons (Fsp3) is 0.182. The molecule has 2 heterocycles. The molecule has 0 unspecified atom stereocenters. The van der Waals surface area contributed by atoms with Crippen molar-refractivity contribution in [3.8, 4) is 17.0 Å². The maximum atomic E-state index is 14.1. The number of aryl methyl sites for hydroxylation is 2. The number of rotatable bonds is 5. The maximum absolute atomic E-state index is 14.1. The SMILES string of the molecule is CCc1[nH]c2c(CNC(=O)c3cc(-c4ccccc4O)n[nH]3)cc(F)cc2c1C. The summed E-state index contributed by atoms with van der Waals surface area (Å²) in [6.45, 7) is 4.17. The van der Waals surface area contributed by atoms with E-state index in [1.165, 1.54) is 12.1 Å². The topological polar surface area (TPSA) is 93.8 Å². The first kappa shape index (κ1) is 18.7. The third kappa shape index (κ3) is 3.47. The van der Waals surface area contributed by atoms with Gasteiger partial charge < -0.3 is 15.4 Å². The number of phenolic OH excluding ortho intramolecular Hbond substituents is 1. The van der Waals surface area contributed by atoms with Gasteiger partial charge in [-0.1, -0.05) is 19.1 Å². The number of hydrogen-bond acceptors (Lipinski definition) is 3. The molecule has 2 aromatic heterocycles. The Labute approximate surface area is 166 Å². The fourth-order valence-electron chi connectivity index (χ4n) is 3.54. The average Bonchev–Trinajstić information content (AvgIpc) is 3.32. The van der Waals surface area contributed by atoms with E-state index < -0.39 is 0 Å². The molecule has 0 saturated carbocycles. The van der Waals surface area contributed by atoms with Crippen LogP contribution in [0.3, 0.4) is 0 Å². The highest BCUT2D eigenvalue weighted by Gasteiger charge is 2.15. The number of aromatic amines is 2. The molecular formula is C22H21FN4O2. The Balaban J connectivity index is 1.56. The van der Waals surface area contributed by atoms with E-state index in [1.54, 1.807) is 30.3 Å². The van der Waals surface area contributed by atoms with E-state index in [4.69, 9.17) is 0 Å². The van der Waals surface area contributed by atoms with Crippen LogP contribution in [0.2, 0.25) is 0 Å². The number of para-hydroxylation sites is 1. The smallest absolute Gasteiger partial charge is 0.269 e. The second-order valence-electron chi connectivity index (χ2n) is 6.94. The number of amides is 1. The van der Waals surface area contributed by atoms with Gasteiger partial charge in [-0.15, -0.1) is 0 Å². The summed E-state index contributed by atoms with van der Waals surface area (Å²) in [6, 6.07) is 11.3. The Kier molecular flexibility index (Phi) is 4.80. The van der Waals surface area contributed by atoms with Gasteiger partial charge in [-0.2, -0.15) is 5.10 Å². The highest BCUT2D eigenvalue weighted by Crippen LogP contribution is 2.28. The molecule has 29 heavy (non-hydrogen) atoms. The van der Waals surface area contributed by atoms with E-state index in [0.29, 0.717) is 16.8 Å². The molecule has 2 aromatic carbocycles. The molecule has 0 atom stereocenters. The first-order valence-electron chi connectivity index (χ1n) is 9.39. The van der Waals surface area contributed by atoms with E-state index in [0.717, 1.165) is 28.6 Å². The number of H-pyrrole nitrogens is 2. The van der Waals surface area contributed by atoms with Crippen LogP contribution in [0.5, 0.6) is 5.75 Å². The molecule has 0 radical (unpaired) electrons. The van der Waals surface area contributed by atoms with Gasteiger partial charge in [0.1, 0.15) is 17.3 Å². The fourth-order valence-corrected chi connectivity index (χ4v) is 3.54. The molecule has 0 spiro atoms. The molecule has 0 saturated heterocycles. The highest BCUT2D eigenvalue weighted by molar-refractivity contribution is 5.94. The molecule has 0 aliphatic heterocycles. The molecule has 4 aromatic rings. The van der Waals surface area contributed by atoms with Crippen molar-refractivity contribution in [2.45, 2.75) is 26.8 Å². The number of nitrogens with zero attached hydrogens (tertiary/aromatic N) is 1. The molecule has 0 fully saturated rings. The monoisotopic (exact) mass is 392 g/mol. The van der Waals surface area contributed by atoms with E-state index in [9.17, 15) is 14.3 Å². The molecule has 1 amide bonds. The number of aromatic nitrogens is 3. The summed E-state index contributed by atoms with van der Waals surface area (Å²) in [4.78, 5) is 15.9. The van der Waals surface area contributed by atoms with Gasteiger partial charge in [-0.05, 0) is 54.8 Å². The zero-order valence-corrected chi connectivity index (χ0v) is 16.1. The summed E-state index contributed by atoms with van der Waals surface area (Å²) in [6.07, 6.45) is 0.817. The van der Waals surface area contributed by atoms with E-state index in [-0.39, 0.29) is 29.7 Å². The number of benzene rings is 2. The predicted molar refractivity (Wildman–Crippen MR) is 109 cm³/mol. The minimum atomic E-state index is -0.365. The standard InChI is InChI=1S/C22H21FN4O2/c1-3-17-12(2)16-9-14(23)8-13(21(16)25-17)11-24-22(29)19-10-18(26-27-19)15-6-4-5-7-20(15)28/h4-10,25,28H,3,11H2,1-2H3,(H,24,29)(H,26,27). The van der Waals surface area contributed by atoms with Crippen LogP contribution in [0.15, 0.2) is 42.5 Å². The van der Waals surface area contributed by atoms with E-state index in [2.05, 4.69) is 20.5 Å². The number of aromatic hydroxyl groups is 1. The molecule has 7 heteroatoms. The number of nitrogens with one attached hydrogen (secondary N) is 3. The quantitative estimate of drug-likeness (QED) is 0.410. The summed E-state index contributed by atoms with van der Waals surface area (Å²) in [5.41, 5.74) is 4.84. The number of fused-ring (bicyclic) bond motifs is 1. The maximum Gasteiger partial charge on any atom is 0.269 e. The van der Waals surface area contributed by atoms with Gasteiger partial charge in [0.25, 0.3) is 5.91 Å². The van der Waals surface area contributed by atoms with Crippen molar-refractivity contribution in [2.24, 2.45) is 0 Å². The largest absolute Gasteiger partial charge is 0.507 e. The summed E-state index contributed by atoms with van der Waals surface area (Å²) < 4.78 is 14.1. The van der Waals surface area contributed by atoms with Crippen LogP contribution in [0, 0.1) is 12.7 Å². The van der Waals surface area contributed by atoms with Gasteiger partial charge in [0, 0.05) is 23.2 Å². The molecule has 6 nitrogen and oxygen atoms in total. The summed E-state index contributed by atoms with van der Waals surface area (Å²) >= 11 is 0. The molecule has 0 aliphatic carbocycles. The predicted octanol–water partition coefficient (Wildman–Crippen LogP) is 4.20. The summed E-state index contributed by atoms with van der Waals surface area (Å²) in [5.74, 6) is -0.618. The first-order valence-corrected chi connectivity index (χ1v) is 9.39. The number of carbonyl (C=O) groups excluding carboxylic acids is 1. The average molecular weight is 392 g/mol. The van der Waals surface area contributed by atoms with Gasteiger partial charge in [-0.3, -0.25) is 9.89 Å². The van der Waals surface area contributed by atoms with Gasteiger partial charge >= 0.3 is 0 Å². The third-order valence-electron chi connectivity index (χ3n) is 5.11. The van der Waals surface area contributed by atoms with Crippen LogP contribution in [0.1, 0.15) is 34.2 Å². The van der Waals surface area contributed by atoms with Gasteiger partial charge in [-0.25, -0.2) is 4.39 Å². The van der Waals surface area contributed by atoms with Crippen molar-refractivity contribution in [1.82, 2.24) is 20.5 Å². The first-order chi connectivity index (χ1) is 14.0. The lowest BCUT2D eigenvalue weighted by Gasteiger charge is -2.06. The van der Waals surface area contributed by atoms with Crippen molar-refractivity contribution in [3.63, 3.8) is 0 Å². The van der Waals surface area contributed by atoms with E-state index in [1.807, 2.05) is 13.8 Å². The Bertz CT molecular complexity index is 1210. The van der Waals surface area contributed by atoms with Crippen molar-refractivity contribution < 1.29 is 14.3 Å². The van der Waals surface area contributed by atoms with Crippen molar-refractivity contribution in [1.29, 1.82) is 0 Å².